The van der Waals surface area contributed by atoms with Crippen molar-refractivity contribution in [3.8, 4) is 5.75 Å². The SMILES string of the molecule is Cc1cccc([N+](=O)[O-])c1NC(=O)COc1cc2oc(=O)cc(C)c2cc1Cl. The number of anilines is 1. The lowest BCUT2D eigenvalue weighted by Gasteiger charge is -2.11. The molecule has 3 rings (SSSR count). The molecule has 1 N–H and O–H groups in total. The van der Waals surface area contributed by atoms with Gasteiger partial charge in [-0.15, -0.1) is 0 Å². The number of rotatable bonds is 5. The zero-order valence-corrected chi connectivity index (χ0v) is 15.7. The van der Waals surface area contributed by atoms with Gasteiger partial charge in [0.2, 0.25) is 0 Å². The summed E-state index contributed by atoms with van der Waals surface area (Å²) >= 11 is 6.18. The van der Waals surface area contributed by atoms with Crippen molar-refractivity contribution in [3.63, 3.8) is 0 Å². The van der Waals surface area contributed by atoms with E-state index in [4.69, 9.17) is 20.8 Å². The Balaban J connectivity index is 1.80. The number of carbonyl (C=O) groups is 1. The minimum atomic E-state index is -0.598. The van der Waals surface area contributed by atoms with Gasteiger partial charge in [0, 0.05) is 23.6 Å². The average molecular weight is 403 g/mol. The first-order valence-corrected chi connectivity index (χ1v) is 8.54. The van der Waals surface area contributed by atoms with Crippen LogP contribution in [0.1, 0.15) is 11.1 Å². The highest BCUT2D eigenvalue weighted by Crippen LogP contribution is 2.31. The van der Waals surface area contributed by atoms with E-state index in [-0.39, 0.29) is 27.7 Å². The highest BCUT2D eigenvalue weighted by atomic mass is 35.5. The molecule has 0 saturated heterocycles. The first kappa shape index (κ1) is 19.4. The minimum absolute atomic E-state index is 0.104. The van der Waals surface area contributed by atoms with Gasteiger partial charge in [-0.1, -0.05) is 23.7 Å². The van der Waals surface area contributed by atoms with Crippen LogP contribution in [0.3, 0.4) is 0 Å². The Bertz CT molecular complexity index is 1160. The summed E-state index contributed by atoms with van der Waals surface area (Å²) in [7, 11) is 0. The van der Waals surface area contributed by atoms with Crippen LogP contribution in [0, 0.1) is 24.0 Å². The molecule has 28 heavy (non-hydrogen) atoms. The van der Waals surface area contributed by atoms with Gasteiger partial charge in [-0.05, 0) is 31.0 Å². The summed E-state index contributed by atoms with van der Waals surface area (Å²) in [4.78, 5) is 34.3. The summed E-state index contributed by atoms with van der Waals surface area (Å²) in [6.45, 7) is 2.96. The second kappa shape index (κ2) is 7.69. The standard InChI is InChI=1S/C19H15ClN2O6/c1-10-4-3-5-14(22(25)26)19(10)21-17(23)9-27-16-8-15-12(7-13(16)20)11(2)6-18(24)28-15/h3-8H,9H2,1-2H3,(H,21,23). The third-order valence-electron chi connectivity index (χ3n) is 4.07. The summed E-state index contributed by atoms with van der Waals surface area (Å²) in [5.41, 5.74) is 0.900. The largest absolute Gasteiger partial charge is 0.482 e. The lowest BCUT2D eigenvalue weighted by Crippen LogP contribution is -2.21. The molecule has 8 nitrogen and oxygen atoms in total. The number of para-hydroxylation sites is 1. The van der Waals surface area contributed by atoms with Gasteiger partial charge in [0.05, 0.1) is 9.95 Å². The van der Waals surface area contributed by atoms with Crippen molar-refractivity contribution in [1.82, 2.24) is 0 Å². The Morgan fingerprint density at radius 3 is 2.71 bits per heavy atom. The highest BCUT2D eigenvalue weighted by Gasteiger charge is 2.18. The molecule has 0 aliphatic heterocycles. The number of amides is 1. The van der Waals surface area contributed by atoms with Crippen LogP contribution in [0.15, 0.2) is 45.6 Å². The van der Waals surface area contributed by atoms with Crippen LogP contribution in [-0.4, -0.2) is 17.4 Å². The monoisotopic (exact) mass is 402 g/mol. The number of hydrogen-bond donors (Lipinski definition) is 1. The Morgan fingerprint density at radius 1 is 1.25 bits per heavy atom. The van der Waals surface area contributed by atoms with Gasteiger partial charge < -0.3 is 14.5 Å². The lowest BCUT2D eigenvalue weighted by atomic mass is 10.1. The Labute approximate surface area is 163 Å². The van der Waals surface area contributed by atoms with Gasteiger partial charge in [-0.3, -0.25) is 14.9 Å². The maximum atomic E-state index is 12.2. The van der Waals surface area contributed by atoms with E-state index in [9.17, 15) is 19.7 Å². The van der Waals surface area contributed by atoms with Crippen molar-refractivity contribution < 1.29 is 18.9 Å². The van der Waals surface area contributed by atoms with Crippen molar-refractivity contribution >= 4 is 39.9 Å². The fourth-order valence-electron chi connectivity index (χ4n) is 2.72. The number of benzene rings is 2. The number of hydrogen-bond acceptors (Lipinski definition) is 6. The molecule has 0 aliphatic carbocycles. The molecular weight excluding hydrogens is 388 g/mol. The first-order chi connectivity index (χ1) is 13.3. The van der Waals surface area contributed by atoms with E-state index in [1.807, 2.05) is 0 Å². The molecule has 0 spiro atoms. The number of ether oxygens (including phenoxy) is 1. The van der Waals surface area contributed by atoms with Gasteiger partial charge in [0.1, 0.15) is 17.0 Å². The third kappa shape index (κ3) is 3.96. The van der Waals surface area contributed by atoms with E-state index in [1.54, 1.807) is 26.0 Å². The zero-order valence-electron chi connectivity index (χ0n) is 14.9. The fourth-order valence-corrected chi connectivity index (χ4v) is 2.93. The van der Waals surface area contributed by atoms with Crippen LogP contribution in [0.2, 0.25) is 5.02 Å². The van der Waals surface area contributed by atoms with Crippen molar-refractivity contribution in [2.45, 2.75) is 13.8 Å². The molecule has 0 unspecified atom stereocenters. The number of nitrogens with zero attached hydrogens (tertiary/aromatic N) is 1. The van der Waals surface area contributed by atoms with Crippen molar-refractivity contribution in [2.24, 2.45) is 0 Å². The Hall–Kier alpha value is -3.39. The van der Waals surface area contributed by atoms with Crippen LogP contribution in [-0.2, 0) is 4.79 Å². The zero-order chi connectivity index (χ0) is 20.4. The van der Waals surface area contributed by atoms with Gasteiger partial charge in [-0.2, -0.15) is 0 Å². The van der Waals surface area contributed by atoms with E-state index >= 15 is 0 Å². The molecule has 3 aromatic rings. The molecule has 2 aromatic carbocycles. The topological polar surface area (TPSA) is 112 Å². The van der Waals surface area contributed by atoms with E-state index in [1.165, 1.54) is 24.3 Å². The molecule has 0 fully saturated rings. The van der Waals surface area contributed by atoms with Crippen LogP contribution >= 0.6 is 11.6 Å². The maximum absolute atomic E-state index is 12.2. The lowest BCUT2D eigenvalue weighted by molar-refractivity contribution is -0.384. The van der Waals surface area contributed by atoms with Crippen LogP contribution < -0.4 is 15.7 Å². The van der Waals surface area contributed by atoms with Crippen LogP contribution in [0.5, 0.6) is 5.75 Å². The van der Waals surface area contributed by atoms with Gasteiger partial charge >= 0.3 is 5.63 Å². The average Bonchev–Trinajstić information content (AvgIpc) is 2.62. The molecular formula is C19H15ClN2O6. The van der Waals surface area contributed by atoms with E-state index in [0.717, 1.165) is 0 Å². The third-order valence-corrected chi connectivity index (χ3v) is 4.37. The quantitative estimate of drug-likeness (QED) is 0.392. The Kier molecular flexibility index (Phi) is 5.32. The number of nitro groups is 1. The molecule has 0 saturated carbocycles. The molecule has 0 bridgehead atoms. The summed E-state index contributed by atoms with van der Waals surface area (Å²) < 4.78 is 10.6. The normalized spacial score (nSPS) is 10.7. The molecule has 1 aromatic heterocycles. The van der Waals surface area contributed by atoms with E-state index in [0.29, 0.717) is 16.5 Å². The van der Waals surface area contributed by atoms with Gasteiger partial charge in [0.15, 0.2) is 6.61 Å². The predicted molar refractivity (Wildman–Crippen MR) is 104 cm³/mol. The van der Waals surface area contributed by atoms with Crippen molar-refractivity contribution in [1.29, 1.82) is 0 Å². The second-order valence-electron chi connectivity index (χ2n) is 6.09. The van der Waals surface area contributed by atoms with E-state index in [2.05, 4.69) is 5.32 Å². The van der Waals surface area contributed by atoms with Gasteiger partial charge in [0.25, 0.3) is 11.6 Å². The number of aryl methyl sites for hydroxylation is 2. The molecule has 9 heteroatoms. The number of nitro benzene ring substituents is 1. The highest BCUT2D eigenvalue weighted by molar-refractivity contribution is 6.32. The van der Waals surface area contributed by atoms with Crippen molar-refractivity contribution in [3.05, 3.63) is 73.1 Å². The summed E-state index contributed by atoms with van der Waals surface area (Å²) in [6, 6.07) is 8.83. The molecule has 0 radical (unpaired) electrons. The fraction of sp³-hybridized carbons (Fsp3) is 0.158. The second-order valence-corrected chi connectivity index (χ2v) is 6.50. The number of fused-ring (bicyclic) bond motifs is 1. The molecule has 1 heterocycles. The molecule has 0 atom stereocenters. The summed E-state index contributed by atoms with van der Waals surface area (Å²) in [5, 5.41) is 14.5. The maximum Gasteiger partial charge on any atom is 0.336 e. The van der Waals surface area contributed by atoms with Crippen LogP contribution in [0.25, 0.3) is 11.0 Å². The molecule has 1 amide bonds. The van der Waals surface area contributed by atoms with E-state index < -0.39 is 23.1 Å². The first-order valence-electron chi connectivity index (χ1n) is 8.17. The minimum Gasteiger partial charge on any atom is -0.482 e. The summed E-state index contributed by atoms with van der Waals surface area (Å²) in [6.07, 6.45) is 0. The Morgan fingerprint density at radius 2 is 2.00 bits per heavy atom. The summed E-state index contributed by atoms with van der Waals surface area (Å²) in [5.74, 6) is -0.448. The molecule has 144 valence electrons. The number of carbonyl (C=O) groups excluding carboxylic acids is 1. The number of halogens is 1. The van der Waals surface area contributed by atoms with Crippen molar-refractivity contribution in [2.75, 3.05) is 11.9 Å². The van der Waals surface area contributed by atoms with Gasteiger partial charge in [-0.25, -0.2) is 4.79 Å². The molecule has 0 aliphatic rings. The van der Waals surface area contributed by atoms with Crippen LogP contribution in [0.4, 0.5) is 11.4 Å². The number of nitrogens with one attached hydrogen (secondary N) is 1. The predicted octanol–water partition coefficient (Wildman–Crippen LogP) is 3.99. The smallest absolute Gasteiger partial charge is 0.336 e.